The molecule has 1 atom stereocenters. The Balaban J connectivity index is 2.10. The molecule has 0 fully saturated rings. The summed E-state index contributed by atoms with van der Waals surface area (Å²) in [6, 6.07) is 14.3. The fourth-order valence-corrected chi connectivity index (χ4v) is 2.80. The van der Waals surface area contributed by atoms with Gasteiger partial charge >= 0.3 is 0 Å². The Kier molecular flexibility index (Phi) is 3.11. The van der Waals surface area contributed by atoms with Gasteiger partial charge < -0.3 is 10.2 Å². The first-order valence-corrected chi connectivity index (χ1v) is 6.88. The molecule has 0 radical (unpaired) electrons. The molecule has 0 saturated heterocycles. The SMILES string of the molecule is Cc1ccc2oc(C(N)c3c(C)cccc3C)cc2c1. The Morgan fingerprint density at radius 2 is 1.65 bits per heavy atom. The van der Waals surface area contributed by atoms with E-state index in [1.807, 2.05) is 6.07 Å². The van der Waals surface area contributed by atoms with Crippen LogP contribution in [-0.2, 0) is 0 Å². The standard InChI is InChI=1S/C18H19NO/c1-11-7-8-15-14(9-11)10-16(20-15)18(19)17-12(2)5-4-6-13(17)3/h4-10,18H,19H2,1-3H3. The number of benzene rings is 2. The van der Waals surface area contributed by atoms with Crippen molar-refractivity contribution in [3.8, 4) is 0 Å². The van der Waals surface area contributed by atoms with Crippen molar-refractivity contribution in [2.45, 2.75) is 26.8 Å². The molecule has 2 nitrogen and oxygen atoms in total. The van der Waals surface area contributed by atoms with Gasteiger partial charge in [0.15, 0.2) is 0 Å². The average molecular weight is 265 g/mol. The van der Waals surface area contributed by atoms with Gasteiger partial charge in [-0.3, -0.25) is 0 Å². The Hall–Kier alpha value is -2.06. The average Bonchev–Trinajstić information content (AvgIpc) is 2.81. The van der Waals surface area contributed by atoms with Gasteiger partial charge in [0, 0.05) is 5.39 Å². The monoisotopic (exact) mass is 265 g/mol. The molecule has 0 aliphatic heterocycles. The van der Waals surface area contributed by atoms with Gasteiger partial charge in [-0.15, -0.1) is 0 Å². The summed E-state index contributed by atoms with van der Waals surface area (Å²) >= 11 is 0. The molecule has 20 heavy (non-hydrogen) atoms. The number of aryl methyl sites for hydroxylation is 3. The summed E-state index contributed by atoms with van der Waals surface area (Å²) in [7, 11) is 0. The van der Waals surface area contributed by atoms with Crippen molar-refractivity contribution in [3.63, 3.8) is 0 Å². The number of nitrogens with two attached hydrogens (primary N) is 1. The summed E-state index contributed by atoms with van der Waals surface area (Å²) in [5.41, 5.74) is 12.1. The van der Waals surface area contributed by atoms with Crippen LogP contribution in [0.1, 0.15) is 34.1 Å². The van der Waals surface area contributed by atoms with Gasteiger partial charge in [0.2, 0.25) is 0 Å². The van der Waals surface area contributed by atoms with Gasteiger partial charge in [-0.1, -0.05) is 29.8 Å². The third kappa shape index (κ3) is 2.12. The zero-order valence-corrected chi connectivity index (χ0v) is 12.1. The second kappa shape index (κ2) is 4.80. The molecule has 3 rings (SSSR count). The van der Waals surface area contributed by atoms with Crippen LogP contribution in [0.25, 0.3) is 11.0 Å². The number of furan rings is 1. The molecule has 3 aromatic rings. The fourth-order valence-electron chi connectivity index (χ4n) is 2.80. The van der Waals surface area contributed by atoms with Crippen molar-refractivity contribution in [1.82, 2.24) is 0 Å². The van der Waals surface area contributed by atoms with Gasteiger partial charge in [-0.2, -0.15) is 0 Å². The zero-order valence-electron chi connectivity index (χ0n) is 12.1. The van der Waals surface area contributed by atoms with Crippen LogP contribution in [0, 0.1) is 20.8 Å². The Morgan fingerprint density at radius 3 is 2.35 bits per heavy atom. The molecule has 102 valence electrons. The van der Waals surface area contributed by atoms with Gasteiger partial charge in [0.1, 0.15) is 11.3 Å². The quantitative estimate of drug-likeness (QED) is 0.745. The molecule has 1 unspecified atom stereocenters. The van der Waals surface area contributed by atoms with Crippen LogP contribution >= 0.6 is 0 Å². The summed E-state index contributed by atoms with van der Waals surface area (Å²) in [6.07, 6.45) is 0. The van der Waals surface area contributed by atoms with Gasteiger partial charge in [0.05, 0.1) is 6.04 Å². The summed E-state index contributed by atoms with van der Waals surface area (Å²) < 4.78 is 5.92. The largest absolute Gasteiger partial charge is 0.459 e. The number of hydrogen-bond acceptors (Lipinski definition) is 2. The summed E-state index contributed by atoms with van der Waals surface area (Å²) in [5, 5.41) is 1.11. The smallest absolute Gasteiger partial charge is 0.134 e. The summed E-state index contributed by atoms with van der Waals surface area (Å²) in [5.74, 6) is 0.822. The van der Waals surface area contributed by atoms with E-state index in [4.69, 9.17) is 10.2 Å². The maximum atomic E-state index is 6.43. The predicted octanol–water partition coefficient (Wildman–Crippen LogP) is 4.41. The van der Waals surface area contributed by atoms with Crippen molar-refractivity contribution in [1.29, 1.82) is 0 Å². The first-order valence-electron chi connectivity index (χ1n) is 6.88. The molecule has 2 aromatic carbocycles. The van der Waals surface area contributed by atoms with E-state index in [0.717, 1.165) is 22.3 Å². The minimum atomic E-state index is -0.219. The van der Waals surface area contributed by atoms with Crippen molar-refractivity contribution in [2.75, 3.05) is 0 Å². The maximum absolute atomic E-state index is 6.43. The molecule has 2 heteroatoms. The molecule has 0 aliphatic rings. The van der Waals surface area contributed by atoms with Crippen LogP contribution < -0.4 is 5.73 Å². The highest BCUT2D eigenvalue weighted by molar-refractivity contribution is 5.79. The Morgan fingerprint density at radius 1 is 0.950 bits per heavy atom. The lowest BCUT2D eigenvalue weighted by atomic mass is 9.95. The fraction of sp³-hybridized carbons (Fsp3) is 0.222. The lowest BCUT2D eigenvalue weighted by Gasteiger charge is -2.15. The minimum absolute atomic E-state index is 0.219. The van der Waals surface area contributed by atoms with Crippen LogP contribution in [0.4, 0.5) is 0 Å². The molecule has 0 spiro atoms. The second-order valence-electron chi connectivity index (χ2n) is 5.47. The van der Waals surface area contributed by atoms with Gasteiger partial charge in [-0.25, -0.2) is 0 Å². The van der Waals surface area contributed by atoms with E-state index in [9.17, 15) is 0 Å². The van der Waals surface area contributed by atoms with E-state index in [1.54, 1.807) is 0 Å². The van der Waals surface area contributed by atoms with E-state index in [-0.39, 0.29) is 6.04 Å². The first-order chi connectivity index (χ1) is 9.56. The van der Waals surface area contributed by atoms with Gasteiger partial charge in [-0.05, 0) is 55.7 Å². The van der Waals surface area contributed by atoms with Crippen molar-refractivity contribution < 1.29 is 4.42 Å². The van der Waals surface area contributed by atoms with Crippen molar-refractivity contribution in [3.05, 3.63) is 70.5 Å². The van der Waals surface area contributed by atoms with E-state index < -0.39 is 0 Å². The predicted molar refractivity (Wildman–Crippen MR) is 82.9 cm³/mol. The highest BCUT2D eigenvalue weighted by Crippen LogP contribution is 2.30. The van der Waals surface area contributed by atoms with Crippen LogP contribution in [0.3, 0.4) is 0 Å². The molecule has 1 heterocycles. The van der Waals surface area contributed by atoms with Crippen LogP contribution in [0.5, 0.6) is 0 Å². The molecule has 0 amide bonds. The molecule has 1 aromatic heterocycles. The number of rotatable bonds is 2. The van der Waals surface area contributed by atoms with Gasteiger partial charge in [0.25, 0.3) is 0 Å². The number of hydrogen-bond donors (Lipinski definition) is 1. The van der Waals surface area contributed by atoms with E-state index in [2.05, 4.69) is 57.2 Å². The topological polar surface area (TPSA) is 39.2 Å². The highest BCUT2D eigenvalue weighted by Gasteiger charge is 2.17. The van der Waals surface area contributed by atoms with Crippen molar-refractivity contribution >= 4 is 11.0 Å². The molecule has 0 saturated carbocycles. The third-order valence-corrected chi connectivity index (χ3v) is 3.85. The molecular formula is C18H19NO. The Bertz CT molecular complexity index is 750. The Labute approximate surface area is 119 Å². The zero-order chi connectivity index (χ0) is 14.3. The lowest BCUT2D eigenvalue weighted by Crippen LogP contribution is -2.13. The molecule has 0 aliphatic carbocycles. The normalized spacial score (nSPS) is 12.8. The number of fused-ring (bicyclic) bond motifs is 1. The van der Waals surface area contributed by atoms with Crippen LogP contribution in [0.2, 0.25) is 0 Å². The van der Waals surface area contributed by atoms with Crippen molar-refractivity contribution in [2.24, 2.45) is 5.73 Å². The molecule has 2 N–H and O–H groups in total. The maximum Gasteiger partial charge on any atom is 0.134 e. The van der Waals surface area contributed by atoms with Crippen LogP contribution in [-0.4, -0.2) is 0 Å². The molecule has 0 bridgehead atoms. The van der Waals surface area contributed by atoms with E-state index in [1.165, 1.54) is 16.7 Å². The second-order valence-corrected chi connectivity index (χ2v) is 5.47. The van der Waals surface area contributed by atoms with Crippen LogP contribution in [0.15, 0.2) is 46.9 Å². The first kappa shape index (κ1) is 12.9. The summed E-state index contributed by atoms with van der Waals surface area (Å²) in [4.78, 5) is 0. The minimum Gasteiger partial charge on any atom is -0.459 e. The lowest BCUT2D eigenvalue weighted by molar-refractivity contribution is 0.523. The third-order valence-electron chi connectivity index (χ3n) is 3.85. The molecular weight excluding hydrogens is 246 g/mol. The highest BCUT2D eigenvalue weighted by atomic mass is 16.3. The van der Waals surface area contributed by atoms with E-state index >= 15 is 0 Å². The summed E-state index contributed by atoms with van der Waals surface area (Å²) in [6.45, 7) is 6.27. The van der Waals surface area contributed by atoms with E-state index in [0.29, 0.717) is 0 Å².